The molecule has 194 valence electrons. The average molecular weight is 523 g/mol. The van der Waals surface area contributed by atoms with Gasteiger partial charge in [0.15, 0.2) is 21.5 Å². The maximum Gasteiger partial charge on any atom is 0.319 e. The summed E-state index contributed by atoms with van der Waals surface area (Å²) in [6, 6.07) is 14.1. The van der Waals surface area contributed by atoms with E-state index >= 15 is 0 Å². The molecule has 11 heteroatoms. The van der Waals surface area contributed by atoms with Crippen LogP contribution in [0.4, 0.5) is 16.4 Å². The van der Waals surface area contributed by atoms with Crippen molar-refractivity contribution in [3.05, 3.63) is 48.5 Å². The monoisotopic (exact) mass is 522 g/mol. The molecule has 1 unspecified atom stereocenters. The predicted octanol–water partition coefficient (Wildman–Crippen LogP) is 3.51. The van der Waals surface area contributed by atoms with Crippen molar-refractivity contribution in [2.24, 2.45) is 0 Å². The molecule has 37 heavy (non-hydrogen) atoms. The van der Waals surface area contributed by atoms with Crippen molar-refractivity contribution in [1.29, 1.82) is 0 Å². The number of urea groups is 1. The maximum absolute atomic E-state index is 12.5. The zero-order valence-electron chi connectivity index (χ0n) is 20.8. The van der Waals surface area contributed by atoms with Gasteiger partial charge in [0.2, 0.25) is 5.95 Å². The Morgan fingerprint density at radius 1 is 1.05 bits per heavy atom. The van der Waals surface area contributed by atoms with Gasteiger partial charge in [-0.2, -0.15) is 9.97 Å². The first-order valence-electron chi connectivity index (χ1n) is 12.4. The number of rotatable bonds is 7. The standard InChI is InChI=1S/C26H30N6O4S/c1-3-20-16-36-15-14-32(20)25-30-23(17-8-10-18(11-9-17)27-26(33)28-19-12-13-19)29-24(31-25)21-6-4-5-7-22(21)37(2,34)35/h4-11,19-20H,3,12-16H2,1-2H3,(H2,27,28,33). The van der Waals surface area contributed by atoms with Crippen LogP contribution in [0.3, 0.4) is 0 Å². The van der Waals surface area contributed by atoms with Gasteiger partial charge in [-0.25, -0.2) is 18.2 Å². The average Bonchev–Trinajstić information content (AvgIpc) is 3.72. The molecule has 1 saturated heterocycles. The van der Waals surface area contributed by atoms with Gasteiger partial charge < -0.3 is 20.3 Å². The van der Waals surface area contributed by atoms with E-state index in [1.165, 1.54) is 6.26 Å². The minimum absolute atomic E-state index is 0.0959. The van der Waals surface area contributed by atoms with E-state index in [-0.39, 0.29) is 28.8 Å². The molecule has 2 amide bonds. The number of anilines is 2. The first-order chi connectivity index (χ1) is 17.8. The van der Waals surface area contributed by atoms with Crippen LogP contribution < -0.4 is 15.5 Å². The molecule has 1 aliphatic carbocycles. The van der Waals surface area contributed by atoms with Crippen LogP contribution in [-0.4, -0.2) is 67.5 Å². The Labute approximate surface area is 216 Å². The van der Waals surface area contributed by atoms with Gasteiger partial charge in [-0.3, -0.25) is 0 Å². The number of carbonyl (C=O) groups is 1. The molecule has 0 radical (unpaired) electrons. The molecule has 1 aliphatic heterocycles. The highest BCUT2D eigenvalue weighted by Gasteiger charge is 2.27. The number of benzene rings is 2. The molecule has 10 nitrogen and oxygen atoms in total. The fourth-order valence-electron chi connectivity index (χ4n) is 4.26. The van der Waals surface area contributed by atoms with Crippen molar-refractivity contribution >= 4 is 27.5 Å². The number of amides is 2. The van der Waals surface area contributed by atoms with Crippen LogP contribution in [0.1, 0.15) is 26.2 Å². The Morgan fingerprint density at radius 2 is 1.78 bits per heavy atom. The van der Waals surface area contributed by atoms with Crippen LogP contribution in [0, 0.1) is 0 Å². The van der Waals surface area contributed by atoms with E-state index in [1.807, 2.05) is 12.1 Å². The van der Waals surface area contributed by atoms with Crippen molar-refractivity contribution in [1.82, 2.24) is 20.3 Å². The fraction of sp³-hybridized carbons (Fsp3) is 0.385. The van der Waals surface area contributed by atoms with Gasteiger partial charge in [0.05, 0.1) is 24.2 Å². The molecule has 2 aromatic carbocycles. The summed E-state index contributed by atoms with van der Waals surface area (Å²) >= 11 is 0. The number of aromatic nitrogens is 3. The van der Waals surface area contributed by atoms with E-state index in [2.05, 4.69) is 27.4 Å². The third kappa shape index (κ3) is 5.89. The number of nitrogens with zero attached hydrogens (tertiary/aromatic N) is 4. The summed E-state index contributed by atoms with van der Waals surface area (Å²) in [5.74, 6) is 1.18. The first-order valence-corrected chi connectivity index (χ1v) is 14.3. The van der Waals surface area contributed by atoms with E-state index in [0.29, 0.717) is 42.8 Å². The van der Waals surface area contributed by atoms with Crippen molar-refractivity contribution in [2.45, 2.75) is 43.2 Å². The highest BCUT2D eigenvalue weighted by Crippen LogP contribution is 2.30. The maximum atomic E-state index is 12.5. The quantitative estimate of drug-likeness (QED) is 0.483. The van der Waals surface area contributed by atoms with Crippen LogP contribution in [0.25, 0.3) is 22.8 Å². The molecule has 1 saturated carbocycles. The normalized spacial score (nSPS) is 17.9. The molecule has 2 N–H and O–H groups in total. The number of ether oxygens (including phenoxy) is 1. The zero-order valence-corrected chi connectivity index (χ0v) is 21.7. The molecule has 2 aliphatic rings. The molecule has 2 heterocycles. The molecular formula is C26H30N6O4S. The van der Waals surface area contributed by atoms with Gasteiger partial charge in [-0.1, -0.05) is 19.1 Å². The van der Waals surface area contributed by atoms with Crippen LogP contribution in [0.5, 0.6) is 0 Å². The Balaban J connectivity index is 1.54. The third-order valence-corrected chi connectivity index (χ3v) is 7.58. The third-order valence-electron chi connectivity index (χ3n) is 6.42. The van der Waals surface area contributed by atoms with Gasteiger partial charge in [0.1, 0.15) is 0 Å². The number of carbonyl (C=O) groups excluding carboxylic acids is 1. The van der Waals surface area contributed by atoms with Gasteiger partial charge in [-0.05, 0) is 55.7 Å². The molecule has 1 aromatic heterocycles. The lowest BCUT2D eigenvalue weighted by Crippen LogP contribution is -2.46. The SMILES string of the molecule is CCC1COCCN1c1nc(-c2ccc(NC(=O)NC3CC3)cc2)nc(-c2ccccc2S(C)(=O)=O)n1. The Kier molecular flexibility index (Phi) is 7.07. The lowest BCUT2D eigenvalue weighted by Gasteiger charge is -2.35. The topological polar surface area (TPSA) is 126 Å². The van der Waals surface area contributed by atoms with E-state index in [1.54, 1.807) is 36.4 Å². The van der Waals surface area contributed by atoms with Gasteiger partial charge in [0, 0.05) is 35.7 Å². The summed E-state index contributed by atoms with van der Waals surface area (Å²) < 4.78 is 30.7. The lowest BCUT2D eigenvalue weighted by molar-refractivity contribution is 0.0921. The minimum Gasteiger partial charge on any atom is -0.377 e. The Hall–Kier alpha value is -3.57. The van der Waals surface area contributed by atoms with Gasteiger partial charge >= 0.3 is 6.03 Å². The highest BCUT2D eigenvalue weighted by molar-refractivity contribution is 7.90. The molecular weight excluding hydrogens is 492 g/mol. The van der Waals surface area contributed by atoms with Crippen molar-refractivity contribution < 1.29 is 17.9 Å². The largest absolute Gasteiger partial charge is 0.377 e. The van der Waals surface area contributed by atoms with E-state index < -0.39 is 9.84 Å². The zero-order chi connectivity index (χ0) is 26.0. The summed E-state index contributed by atoms with van der Waals surface area (Å²) in [5.41, 5.74) is 1.79. The Bertz CT molecular complexity index is 1390. The van der Waals surface area contributed by atoms with Crippen molar-refractivity contribution in [3.63, 3.8) is 0 Å². The van der Waals surface area contributed by atoms with E-state index in [0.717, 1.165) is 24.8 Å². The second kappa shape index (κ2) is 10.4. The van der Waals surface area contributed by atoms with Gasteiger partial charge in [-0.15, -0.1) is 0 Å². The predicted molar refractivity (Wildman–Crippen MR) is 141 cm³/mol. The highest BCUT2D eigenvalue weighted by atomic mass is 32.2. The number of nitrogens with one attached hydrogen (secondary N) is 2. The fourth-order valence-corrected chi connectivity index (χ4v) is 5.14. The van der Waals surface area contributed by atoms with Crippen LogP contribution in [0.15, 0.2) is 53.4 Å². The number of hydrogen-bond acceptors (Lipinski definition) is 8. The summed E-state index contributed by atoms with van der Waals surface area (Å²) in [4.78, 5) is 28.6. The summed E-state index contributed by atoms with van der Waals surface area (Å²) in [6.45, 7) is 3.82. The second-order valence-corrected chi connectivity index (χ2v) is 11.3. The molecule has 3 aromatic rings. The summed E-state index contributed by atoms with van der Waals surface area (Å²) in [5, 5.41) is 5.74. The smallest absolute Gasteiger partial charge is 0.319 e. The lowest BCUT2D eigenvalue weighted by atomic mass is 10.1. The molecule has 5 rings (SSSR count). The first kappa shape index (κ1) is 25.1. The summed E-state index contributed by atoms with van der Waals surface area (Å²) in [7, 11) is -3.51. The number of hydrogen-bond donors (Lipinski definition) is 2. The molecule has 0 spiro atoms. The van der Waals surface area contributed by atoms with Crippen LogP contribution >= 0.6 is 0 Å². The number of morpholine rings is 1. The molecule has 0 bridgehead atoms. The van der Waals surface area contributed by atoms with E-state index in [9.17, 15) is 13.2 Å². The van der Waals surface area contributed by atoms with Crippen LogP contribution in [-0.2, 0) is 14.6 Å². The molecule has 1 atom stereocenters. The van der Waals surface area contributed by atoms with E-state index in [4.69, 9.17) is 14.7 Å². The Morgan fingerprint density at radius 3 is 2.49 bits per heavy atom. The second-order valence-electron chi connectivity index (χ2n) is 9.33. The minimum atomic E-state index is -3.51. The summed E-state index contributed by atoms with van der Waals surface area (Å²) in [6.07, 6.45) is 4.05. The van der Waals surface area contributed by atoms with Crippen molar-refractivity contribution in [3.8, 4) is 22.8 Å². The van der Waals surface area contributed by atoms with Crippen LogP contribution in [0.2, 0.25) is 0 Å². The van der Waals surface area contributed by atoms with Crippen molar-refractivity contribution in [2.75, 3.05) is 36.2 Å². The molecule has 2 fully saturated rings. The van der Waals surface area contributed by atoms with Gasteiger partial charge in [0.25, 0.3) is 0 Å². The number of sulfone groups is 1.